The molecule has 2 aliphatic heterocycles. The predicted molar refractivity (Wildman–Crippen MR) is 132 cm³/mol. The molecular formula is C28H28N3O3+. The summed E-state index contributed by atoms with van der Waals surface area (Å²) in [5, 5.41) is 3.97. The van der Waals surface area contributed by atoms with Crippen LogP contribution in [0.5, 0.6) is 0 Å². The first-order chi connectivity index (χ1) is 16.5. The molecule has 0 radical (unpaired) electrons. The molecular weight excluding hydrogens is 426 g/mol. The molecule has 6 nitrogen and oxygen atoms in total. The van der Waals surface area contributed by atoms with Crippen LogP contribution in [0.4, 0.5) is 5.69 Å². The molecule has 2 bridgehead atoms. The third-order valence-electron chi connectivity index (χ3n) is 7.20. The number of hydrogen-bond donors (Lipinski definition) is 2. The van der Waals surface area contributed by atoms with Crippen molar-refractivity contribution in [3.63, 3.8) is 0 Å². The van der Waals surface area contributed by atoms with Crippen LogP contribution < -0.4 is 15.8 Å². The van der Waals surface area contributed by atoms with Gasteiger partial charge < -0.3 is 19.2 Å². The van der Waals surface area contributed by atoms with E-state index in [4.69, 9.17) is 4.42 Å². The molecule has 172 valence electrons. The number of fused-ring (bicyclic) bond motifs is 5. The summed E-state index contributed by atoms with van der Waals surface area (Å²) >= 11 is 0. The van der Waals surface area contributed by atoms with Crippen molar-refractivity contribution < 1.29 is 14.1 Å². The standard InChI is InChI=1S/C28H27N3O3/c1-18(32)29-23-8-6-20(7-9-23)25-10-11-27(33)31-15-19-12-22(28(25)31)16-30(14-19)17-24-13-21-4-2-3-5-26(21)34-24/h2-11,13,19,22H,12,14-17H2,1H3,(H,29,32)/p+1/t19-,22+/m0/s1. The van der Waals surface area contributed by atoms with Gasteiger partial charge in [0.25, 0.3) is 5.56 Å². The van der Waals surface area contributed by atoms with E-state index >= 15 is 0 Å². The van der Waals surface area contributed by atoms with E-state index in [2.05, 4.69) is 17.4 Å². The van der Waals surface area contributed by atoms with Gasteiger partial charge in [0.15, 0.2) is 5.76 Å². The van der Waals surface area contributed by atoms with Gasteiger partial charge in [-0.2, -0.15) is 0 Å². The summed E-state index contributed by atoms with van der Waals surface area (Å²) < 4.78 is 8.12. The molecule has 3 atom stereocenters. The minimum Gasteiger partial charge on any atom is -0.455 e. The van der Waals surface area contributed by atoms with Crippen LogP contribution in [0.25, 0.3) is 22.1 Å². The molecule has 6 rings (SSSR count). The first kappa shape index (κ1) is 20.9. The molecule has 0 saturated carbocycles. The number of carbonyl (C=O) groups excluding carboxylic acids is 1. The summed E-state index contributed by atoms with van der Waals surface area (Å²) in [6.07, 6.45) is 1.12. The van der Waals surface area contributed by atoms with Gasteiger partial charge >= 0.3 is 0 Å². The summed E-state index contributed by atoms with van der Waals surface area (Å²) in [6, 6.07) is 21.9. The van der Waals surface area contributed by atoms with Gasteiger partial charge in [0.2, 0.25) is 5.91 Å². The Balaban J connectivity index is 1.31. The third-order valence-corrected chi connectivity index (χ3v) is 7.20. The number of nitrogens with one attached hydrogen (secondary N) is 2. The van der Waals surface area contributed by atoms with Crippen LogP contribution in [-0.2, 0) is 17.9 Å². The van der Waals surface area contributed by atoms with Crippen molar-refractivity contribution in [1.82, 2.24) is 4.57 Å². The van der Waals surface area contributed by atoms with Gasteiger partial charge in [-0.15, -0.1) is 0 Å². The molecule has 2 aromatic heterocycles. The molecule has 6 heteroatoms. The molecule has 1 fully saturated rings. The largest absolute Gasteiger partial charge is 0.455 e. The van der Waals surface area contributed by atoms with Gasteiger partial charge in [0, 0.05) is 53.7 Å². The molecule has 1 saturated heterocycles. The van der Waals surface area contributed by atoms with Gasteiger partial charge in [0.05, 0.1) is 13.1 Å². The van der Waals surface area contributed by atoms with E-state index < -0.39 is 0 Å². The number of piperidine rings is 1. The number of anilines is 1. The molecule has 1 amide bonds. The molecule has 34 heavy (non-hydrogen) atoms. The number of likely N-dealkylation sites (tertiary alicyclic amines) is 1. The molecule has 2 aliphatic rings. The van der Waals surface area contributed by atoms with E-state index in [0.29, 0.717) is 11.8 Å². The number of amides is 1. The van der Waals surface area contributed by atoms with Crippen LogP contribution in [0, 0.1) is 5.92 Å². The van der Waals surface area contributed by atoms with Crippen molar-refractivity contribution in [1.29, 1.82) is 0 Å². The minimum absolute atomic E-state index is 0.0860. The van der Waals surface area contributed by atoms with Crippen LogP contribution in [-0.4, -0.2) is 23.6 Å². The fourth-order valence-corrected chi connectivity index (χ4v) is 5.93. The zero-order chi connectivity index (χ0) is 23.2. The number of furan rings is 1. The number of rotatable bonds is 4. The van der Waals surface area contributed by atoms with E-state index in [1.165, 1.54) is 11.8 Å². The van der Waals surface area contributed by atoms with Gasteiger partial charge in [0.1, 0.15) is 12.1 Å². The Hall–Kier alpha value is -3.64. The predicted octanol–water partition coefficient (Wildman–Crippen LogP) is 3.42. The Morgan fingerprint density at radius 2 is 1.91 bits per heavy atom. The lowest BCUT2D eigenvalue weighted by molar-refractivity contribution is -0.925. The SMILES string of the molecule is CC(=O)Nc1ccc(-c2ccc(=O)n3c2[C@@H]2C[C@H](C3)C[NH+](Cc3cc4ccccc4o3)C2)cc1. The molecule has 0 spiro atoms. The Bertz CT molecular complexity index is 1400. The maximum atomic E-state index is 12.8. The average molecular weight is 455 g/mol. The molecule has 0 aliphatic carbocycles. The summed E-state index contributed by atoms with van der Waals surface area (Å²) in [4.78, 5) is 25.7. The van der Waals surface area contributed by atoms with Crippen molar-refractivity contribution in [3.8, 4) is 11.1 Å². The highest BCUT2D eigenvalue weighted by atomic mass is 16.3. The summed E-state index contributed by atoms with van der Waals surface area (Å²) in [5.74, 6) is 1.75. The second-order valence-electron chi connectivity index (χ2n) is 9.72. The number of carbonyl (C=O) groups is 1. The second-order valence-corrected chi connectivity index (χ2v) is 9.72. The Kier molecular flexibility index (Phi) is 5.11. The number of hydrogen-bond acceptors (Lipinski definition) is 3. The number of aromatic nitrogens is 1. The molecule has 4 heterocycles. The summed E-state index contributed by atoms with van der Waals surface area (Å²) in [5.41, 5.74) is 5.14. The lowest BCUT2D eigenvalue weighted by atomic mass is 9.80. The number of quaternary nitrogens is 1. The molecule has 1 unspecified atom stereocenters. The van der Waals surface area contributed by atoms with E-state index in [1.807, 2.05) is 53.1 Å². The zero-order valence-corrected chi connectivity index (χ0v) is 19.2. The third kappa shape index (κ3) is 3.84. The van der Waals surface area contributed by atoms with Crippen LogP contribution >= 0.6 is 0 Å². The minimum atomic E-state index is -0.0860. The van der Waals surface area contributed by atoms with Crippen molar-refractivity contribution in [2.45, 2.75) is 32.4 Å². The molecule has 2 N–H and O–H groups in total. The Labute approximate surface area is 197 Å². The van der Waals surface area contributed by atoms with Gasteiger partial charge in [-0.1, -0.05) is 30.3 Å². The number of pyridine rings is 1. The van der Waals surface area contributed by atoms with E-state index in [-0.39, 0.29) is 11.5 Å². The monoisotopic (exact) mass is 454 g/mol. The van der Waals surface area contributed by atoms with Crippen molar-refractivity contribution in [3.05, 3.63) is 88.5 Å². The number of para-hydroxylation sites is 1. The fourth-order valence-electron chi connectivity index (χ4n) is 5.93. The van der Waals surface area contributed by atoms with E-state index in [9.17, 15) is 9.59 Å². The van der Waals surface area contributed by atoms with Crippen LogP contribution in [0.2, 0.25) is 0 Å². The van der Waals surface area contributed by atoms with Crippen molar-refractivity contribution in [2.75, 3.05) is 18.4 Å². The quantitative estimate of drug-likeness (QED) is 0.497. The second kappa shape index (κ2) is 8.29. The maximum Gasteiger partial charge on any atom is 0.250 e. The van der Waals surface area contributed by atoms with Gasteiger partial charge in [-0.3, -0.25) is 9.59 Å². The van der Waals surface area contributed by atoms with Gasteiger partial charge in [-0.05, 0) is 42.3 Å². The first-order valence-electron chi connectivity index (χ1n) is 12.0. The van der Waals surface area contributed by atoms with Crippen LogP contribution in [0.15, 0.2) is 75.9 Å². The Morgan fingerprint density at radius 3 is 2.71 bits per heavy atom. The van der Waals surface area contributed by atoms with Crippen molar-refractivity contribution >= 4 is 22.6 Å². The number of nitrogens with zero attached hydrogens (tertiary/aromatic N) is 1. The maximum absolute atomic E-state index is 12.8. The highest BCUT2D eigenvalue weighted by molar-refractivity contribution is 5.89. The Morgan fingerprint density at radius 1 is 1.09 bits per heavy atom. The highest BCUT2D eigenvalue weighted by Crippen LogP contribution is 2.37. The molecule has 2 aromatic carbocycles. The zero-order valence-electron chi connectivity index (χ0n) is 19.2. The van der Waals surface area contributed by atoms with Crippen molar-refractivity contribution in [2.24, 2.45) is 5.92 Å². The van der Waals surface area contributed by atoms with E-state index in [1.54, 1.807) is 6.07 Å². The fraction of sp³-hybridized carbons (Fsp3) is 0.286. The summed E-state index contributed by atoms with van der Waals surface area (Å²) in [6.45, 7) is 5.17. The lowest BCUT2D eigenvalue weighted by Gasteiger charge is -2.41. The number of benzene rings is 2. The smallest absolute Gasteiger partial charge is 0.250 e. The van der Waals surface area contributed by atoms with Crippen LogP contribution in [0.3, 0.4) is 0 Å². The average Bonchev–Trinajstić information content (AvgIpc) is 3.22. The van der Waals surface area contributed by atoms with Gasteiger partial charge in [-0.25, -0.2) is 0 Å². The lowest BCUT2D eigenvalue weighted by Crippen LogP contribution is -3.13. The normalized spacial score (nSPS) is 21.3. The van der Waals surface area contributed by atoms with E-state index in [0.717, 1.165) is 71.8 Å². The molecule has 4 aromatic rings. The summed E-state index contributed by atoms with van der Waals surface area (Å²) in [7, 11) is 0. The van der Waals surface area contributed by atoms with Crippen LogP contribution in [0.1, 0.15) is 30.7 Å². The first-order valence-corrected chi connectivity index (χ1v) is 12.0. The highest BCUT2D eigenvalue weighted by Gasteiger charge is 2.39. The topological polar surface area (TPSA) is 68.7 Å².